The highest BCUT2D eigenvalue weighted by Crippen LogP contribution is 2.36. The lowest BCUT2D eigenvalue weighted by Crippen LogP contribution is -2.69. The number of phenols is 1. The minimum atomic E-state index is -5.19. The van der Waals surface area contributed by atoms with Crippen LogP contribution in [-0.2, 0) is 38.2 Å². The highest BCUT2D eigenvalue weighted by molar-refractivity contribution is 5.86. The number of carboxylic acids is 3. The van der Waals surface area contributed by atoms with Crippen molar-refractivity contribution in [1.82, 2.24) is 10.3 Å². The quantitative estimate of drug-likeness (QED) is 0.221. The maximum atomic E-state index is 12.8. The fraction of sp³-hybridized carbons (Fsp3) is 0.350. The highest BCUT2D eigenvalue weighted by atomic mass is 19.4. The Bertz CT molecular complexity index is 1160. The van der Waals surface area contributed by atoms with Crippen molar-refractivity contribution >= 4 is 23.8 Å². The second-order valence-electron chi connectivity index (χ2n) is 7.55. The fourth-order valence-corrected chi connectivity index (χ4v) is 2.46. The van der Waals surface area contributed by atoms with Crippen LogP contribution < -0.4 is 26.2 Å². The smallest absolute Gasteiger partial charge is 0.430 e. The molecule has 8 N–H and O–H groups in total. The molecule has 12 nitrogen and oxygen atoms in total. The number of amides is 1. The summed E-state index contributed by atoms with van der Waals surface area (Å²) >= 11 is 0. The lowest BCUT2D eigenvalue weighted by atomic mass is 10.0. The third-order valence-electron chi connectivity index (χ3n) is 4.32. The molecule has 2 rings (SSSR count). The molecule has 0 unspecified atom stereocenters. The zero-order chi connectivity index (χ0) is 32.3. The van der Waals surface area contributed by atoms with Crippen molar-refractivity contribution in [1.29, 1.82) is 0 Å². The predicted molar refractivity (Wildman–Crippen MR) is 106 cm³/mol. The maximum absolute atomic E-state index is 12.8. The molecule has 21 heteroatoms. The number of carboxylic acid groups (broad SMARTS) is 3. The summed E-state index contributed by atoms with van der Waals surface area (Å²) in [6, 6.07) is 0.640. The molecule has 0 spiro atoms. The summed E-state index contributed by atoms with van der Waals surface area (Å²) in [5, 5.41) is 38.5. The number of aliphatic carboxylic acids is 3. The summed E-state index contributed by atoms with van der Waals surface area (Å²) in [7, 11) is 0. The molecule has 0 aliphatic rings. The number of nitrogens with one attached hydrogen (secondary N) is 3. The highest BCUT2D eigenvalue weighted by Gasteiger charge is 2.35. The summed E-state index contributed by atoms with van der Waals surface area (Å²) in [6.45, 7) is 0. The first-order chi connectivity index (χ1) is 18.5. The van der Waals surface area contributed by atoms with Crippen LogP contribution in [0, 0.1) is 0 Å². The van der Waals surface area contributed by atoms with Gasteiger partial charge in [0.05, 0.1) is 5.56 Å². The van der Waals surface area contributed by atoms with Crippen molar-refractivity contribution in [2.45, 2.75) is 43.5 Å². The van der Waals surface area contributed by atoms with Gasteiger partial charge in [-0.3, -0.25) is 9.78 Å². The summed E-state index contributed by atoms with van der Waals surface area (Å²) in [5.41, 5.74) is 3.08. The van der Waals surface area contributed by atoms with Gasteiger partial charge in [0.2, 0.25) is 6.33 Å². The number of carbonyl (C=O) groups excluding carboxylic acids is 3. The van der Waals surface area contributed by atoms with Gasteiger partial charge in [-0.2, -0.15) is 39.5 Å². The molecule has 1 heterocycles. The van der Waals surface area contributed by atoms with Crippen LogP contribution in [-0.4, -0.2) is 63.4 Å². The van der Waals surface area contributed by atoms with E-state index in [0.29, 0.717) is 5.69 Å². The van der Waals surface area contributed by atoms with E-state index in [1.165, 1.54) is 12.4 Å². The van der Waals surface area contributed by atoms with Crippen LogP contribution in [0.5, 0.6) is 5.75 Å². The summed E-state index contributed by atoms with van der Waals surface area (Å²) in [6.07, 6.45) is -12.3. The van der Waals surface area contributed by atoms with Crippen molar-refractivity contribution in [2.75, 3.05) is 0 Å². The monoisotopic (exact) mass is 614 g/mol. The largest absolute Gasteiger partial charge is 0.542 e. The Balaban J connectivity index is 0.000000941. The number of aromatic amines is 2. The number of H-pyrrole nitrogens is 2. The predicted octanol–water partition coefficient (Wildman–Crippen LogP) is -1.88. The van der Waals surface area contributed by atoms with Crippen LogP contribution in [0.1, 0.15) is 16.8 Å². The first-order valence-corrected chi connectivity index (χ1v) is 10.3. The van der Waals surface area contributed by atoms with Crippen LogP contribution in [0.4, 0.5) is 39.5 Å². The van der Waals surface area contributed by atoms with Gasteiger partial charge in [0.1, 0.15) is 35.6 Å². The molecule has 2 aromatic rings. The average Bonchev–Trinajstić information content (AvgIpc) is 3.31. The fourth-order valence-electron chi connectivity index (χ4n) is 2.46. The van der Waals surface area contributed by atoms with Gasteiger partial charge in [-0.25, -0.2) is 9.78 Å². The Morgan fingerprint density at radius 1 is 0.951 bits per heavy atom. The number of phenolic OH excluding ortho intramolecular Hbond substituents is 1. The van der Waals surface area contributed by atoms with Crippen LogP contribution in [0.2, 0.25) is 0 Å². The number of benzene rings is 1. The number of imidazole rings is 1. The van der Waals surface area contributed by atoms with Crippen LogP contribution in [0.15, 0.2) is 30.7 Å². The number of alkyl halides is 9. The number of rotatable bonds is 7. The van der Waals surface area contributed by atoms with E-state index in [1.807, 2.05) is 0 Å². The van der Waals surface area contributed by atoms with E-state index in [1.54, 1.807) is 6.20 Å². The standard InChI is InChI=1S/C16H17F3N4O4.2C2HF3O2/c17-16(18,19)10-3-8(1-2-13(10)24)4-11(20)14(25)23-12(15(26)27)5-9-6-21-7-22-9;2*3-2(4,5)1(6)7/h1-3,6-7,11-12,24H,4-5,20H2,(H,21,22)(H,23,25)(H,26,27);2*(H,6,7)/t11-,12-;;/m0../s1. The third kappa shape index (κ3) is 13.9. The SMILES string of the molecule is O=C([O-])C(F)(F)F.O=C([O-])C(F)(F)F.[NH3+][C@@H](Cc1ccc(O)c(C(F)(F)F)c1)C(=O)N[C@@H](Cc1c[nH+]c[nH]1)C(=O)O. The van der Waals surface area contributed by atoms with E-state index in [-0.39, 0.29) is 18.4 Å². The Morgan fingerprint density at radius 2 is 1.44 bits per heavy atom. The normalized spacial score (nSPS) is 12.9. The number of hydrogen-bond donors (Lipinski definition) is 5. The summed E-state index contributed by atoms with van der Waals surface area (Å²) in [5.74, 6) is -8.89. The van der Waals surface area contributed by atoms with Crippen LogP contribution in [0.25, 0.3) is 0 Å². The molecule has 1 aromatic heterocycles. The van der Waals surface area contributed by atoms with E-state index < -0.39 is 65.7 Å². The molecule has 0 saturated heterocycles. The van der Waals surface area contributed by atoms with E-state index in [0.717, 1.165) is 12.1 Å². The second kappa shape index (κ2) is 14.7. The van der Waals surface area contributed by atoms with Crippen LogP contribution in [0.3, 0.4) is 0 Å². The van der Waals surface area contributed by atoms with Gasteiger partial charge in [-0.05, 0) is 17.7 Å². The third-order valence-corrected chi connectivity index (χ3v) is 4.32. The van der Waals surface area contributed by atoms with Crippen molar-refractivity contribution in [3.05, 3.63) is 47.5 Å². The lowest BCUT2D eigenvalue weighted by Gasteiger charge is -2.16. The minimum absolute atomic E-state index is 0.00523. The Labute approximate surface area is 221 Å². The zero-order valence-corrected chi connectivity index (χ0v) is 19.9. The topological polar surface area (TPSA) is 224 Å². The van der Waals surface area contributed by atoms with E-state index in [4.69, 9.17) is 19.8 Å². The number of carbonyl (C=O) groups is 4. The van der Waals surface area contributed by atoms with Crippen molar-refractivity contribution in [3.8, 4) is 5.75 Å². The molecule has 0 bridgehead atoms. The second-order valence-corrected chi connectivity index (χ2v) is 7.55. The summed E-state index contributed by atoms with van der Waals surface area (Å²) in [4.78, 5) is 46.6. The maximum Gasteiger partial charge on any atom is 0.430 e. The first kappa shape index (κ1) is 36.4. The number of halogens is 9. The number of aromatic nitrogens is 2. The van der Waals surface area contributed by atoms with Gasteiger partial charge in [-0.1, -0.05) is 6.07 Å². The molecule has 0 fully saturated rings. The van der Waals surface area contributed by atoms with Crippen LogP contribution >= 0.6 is 0 Å². The van der Waals surface area contributed by atoms with E-state index >= 15 is 0 Å². The lowest BCUT2D eigenvalue weighted by molar-refractivity contribution is -0.403. The average molecular weight is 614 g/mol. The molecule has 1 amide bonds. The molecular formula is C20H19F9N4O8. The molecule has 2 atom stereocenters. The van der Waals surface area contributed by atoms with Gasteiger partial charge in [0.15, 0.2) is 6.04 Å². The molecule has 0 saturated carbocycles. The molecule has 0 aliphatic heterocycles. The summed E-state index contributed by atoms with van der Waals surface area (Å²) < 4.78 is 102. The molecule has 230 valence electrons. The van der Waals surface area contributed by atoms with Gasteiger partial charge in [0.25, 0.3) is 5.91 Å². The van der Waals surface area contributed by atoms with E-state index in [9.17, 15) is 59.3 Å². The molecule has 1 aromatic carbocycles. The van der Waals surface area contributed by atoms with Gasteiger partial charge >= 0.3 is 24.5 Å². The Kier molecular flexibility index (Phi) is 13.1. The molecular weight excluding hydrogens is 595 g/mol. The zero-order valence-electron chi connectivity index (χ0n) is 19.9. The number of hydrogen-bond acceptors (Lipinski definition) is 7. The molecule has 0 aliphatic carbocycles. The Hall–Kier alpha value is -4.56. The van der Waals surface area contributed by atoms with E-state index in [2.05, 4.69) is 21.0 Å². The van der Waals surface area contributed by atoms with Gasteiger partial charge in [-0.15, -0.1) is 0 Å². The Morgan fingerprint density at radius 3 is 1.80 bits per heavy atom. The van der Waals surface area contributed by atoms with Gasteiger partial charge < -0.3 is 41.1 Å². The molecule has 0 radical (unpaired) electrons. The van der Waals surface area contributed by atoms with Gasteiger partial charge in [0, 0.05) is 12.8 Å². The number of quaternary nitrogens is 1. The number of aromatic hydroxyl groups is 1. The van der Waals surface area contributed by atoms with Crippen molar-refractivity contribution in [3.63, 3.8) is 0 Å². The van der Waals surface area contributed by atoms with Crippen molar-refractivity contribution in [2.24, 2.45) is 0 Å². The minimum Gasteiger partial charge on any atom is -0.542 e. The first-order valence-electron chi connectivity index (χ1n) is 10.3. The van der Waals surface area contributed by atoms with Crippen molar-refractivity contribution < 1.29 is 89.8 Å². The molecule has 41 heavy (non-hydrogen) atoms.